The summed E-state index contributed by atoms with van der Waals surface area (Å²) in [6.45, 7) is 0. The molecule has 10 heteroatoms. The number of fused-ring (bicyclic) bond motifs is 1. The molecule has 0 aliphatic carbocycles. The van der Waals surface area contributed by atoms with Crippen molar-refractivity contribution in [2.45, 2.75) is 0 Å². The molecule has 10 nitrogen and oxygen atoms in total. The van der Waals surface area contributed by atoms with E-state index in [0.29, 0.717) is 22.9 Å². The van der Waals surface area contributed by atoms with E-state index in [1.54, 1.807) is 29.0 Å². The summed E-state index contributed by atoms with van der Waals surface area (Å²) in [5.41, 5.74) is 3.62. The summed E-state index contributed by atoms with van der Waals surface area (Å²) in [6.07, 6.45) is 3.36. The largest absolute Gasteiger partial charge is 0.322 e. The van der Waals surface area contributed by atoms with Gasteiger partial charge in [0, 0.05) is 46.9 Å². The fourth-order valence-corrected chi connectivity index (χ4v) is 3.31. The van der Waals surface area contributed by atoms with Gasteiger partial charge in [0.2, 0.25) is 0 Å². The molecule has 5 rings (SSSR count). The minimum Gasteiger partial charge on any atom is -0.322 e. The van der Waals surface area contributed by atoms with E-state index in [1.165, 1.54) is 24.3 Å². The van der Waals surface area contributed by atoms with Gasteiger partial charge < -0.3 is 5.32 Å². The molecule has 1 amide bonds. The lowest BCUT2D eigenvalue weighted by Gasteiger charge is -2.07. The summed E-state index contributed by atoms with van der Waals surface area (Å²) < 4.78 is 1.67. The molecule has 0 saturated carbocycles. The third kappa shape index (κ3) is 4.00. The number of nitrogens with zero attached hydrogens (tertiary/aromatic N) is 6. The summed E-state index contributed by atoms with van der Waals surface area (Å²) in [6, 6.07) is 20.1. The monoisotopic (exact) mass is 437 g/mol. The first-order valence-corrected chi connectivity index (χ1v) is 9.87. The van der Waals surface area contributed by atoms with Crippen LogP contribution in [0.1, 0.15) is 10.4 Å². The van der Waals surface area contributed by atoms with Gasteiger partial charge in [0.1, 0.15) is 0 Å². The van der Waals surface area contributed by atoms with Crippen LogP contribution in [0.3, 0.4) is 0 Å². The average molecular weight is 437 g/mol. The van der Waals surface area contributed by atoms with Crippen LogP contribution in [0.4, 0.5) is 11.4 Å². The van der Waals surface area contributed by atoms with Gasteiger partial charge in [0.25, 0.3) is 11.6 Å². The highest BCUT2D eigenvalue weighted by atomic mass is 16.6. The predicted octanol–water partition coefficient (Wildman–Crippen LogP) is 4.01. The van der Waals surface area contributed by atoms with Crippen molar-refractivity contribution in [3.63, 3.8) is 0 Å². The van der Waals surface area contributed by atoms with Crippen molar-refractivity contribution in [2.24, 2.45) is 0 Å². The van der Waals surface area contributed by atoms with Crippen LogP contribution >= 0.6 is 0 Å². The maximum atomic E-state index is 12.5. The van der Waals surface area contributed by atoms with E-state index in [2.05, 4.69) is 25.6 Å². The first-order chi connectivity index (χ1) is 16.1. The molecule has 3 heterocycles. The molecular formula is C23H15N7O3. The van der Waals surface area contributed by atoms with E-state index in [1.807, 2.05) is 36.4 Å². The smallest absolute Gasteiger partial charge is 0.270 e. The zero-order chi connectivity index (χ0) is 22.8. The number of nitro benzene ring substituents is 1. The van der Waals surface area contributed by atoms with Crippen LogP contribution in [-0.2, 0) is 0 Å². The average Bonchev–Trinajstić information content (AvgIpc) is 3.28. The fourth-order valence-electron chi connectivity index (χ4n) is 3.31. The van der Waals surface area contributed by atoms with E-state index >= 15 is 0 Å². The molecule has 0 radical (unpaired) electrons. The van der Waals surface area contributed by atoms with Crippen LogP contribution in [0.5, 0.6) is 0 Å². The minimum absolute atomic E-state index is 0.139. The molecule has 0 aliphatic rings. The van der Waals surface area contributed by atoms with Crippen LogP contribution in [0, 0.1) is 10.1 Å². The van der Waals surface area contributed by atoms with E-state index in [-0.39, 0.29) is 11.3 Å². The standard InChI is InChI=1S/C23H15N7O3/c31-23(17-2-1-3-19(14-17)30(32)33)25-18-6-4-15(5-7-18)20-8-9-21-26-27-22(29(21)28-20)16-10-12-24-13-11-16/h1-14H,(H,25,31). The Kier molecular flexibility index (Phi) is 5.00. The predicted molar refractivity (Wildman–Crippen MR) is 120 cm³/mol. The highest BCUT2D eigenvalue weighted by Crippen LogP contribution is 2.23. The number of amides is 1. The van der Waals surface area contributed by atoms with Gasteiger partial charge in [-0.25, -0.2) is 0 Å². The molecule has 160 valence electrons. The van der Waals surface area contributed by atoms with Gasteiger partial charge in [0.15, 0.2) is 11.5 Å². The number of anilines is 1. The summed E-state index contributed by atoms with van der Waals surface area (Å²) in [7, 11) is 0. The van der Waals surface area contributed by atoms with E-state index in [9.17, 15) is 14.9 Å². The van der Waals surface area contributed by atoms with E-state index in [0.717, 1.165) is 11.1 Å². The molecule has 0 fully saturated rings. The Balaban J connectivity index is 1.39. The van der Waals surface area contributed by atoms with Gasteiger partial charge in [-0.2, -0.15) is 9.61 Å². The number of nitrogens with one attached hydrogen (secondary N) is 1. The van der Waals surface area contributed by atoms with Crippen molar-refractivity contribution >= 4 is 22.9 Å². The molecule has 2 aromatic carbocycles. The van der Waals surface area contributed by atoms with Crippen molar-refractivity contribution in [1.29, 1.82) is 0 Å². The Bertz CT molecular complexity index is 1480. The zero-order valence-electron chi connectivity index (χ0n) is 17.0. The van der Waals surface area contributed by atoms with Crippen LogP contribution in [0.2, 0.25) is 0 Å². The van der Waals surface area contributed by atoms with Crippen molar-refractivity contribution in [1.82, 2.24) is 24.8 Å². The molecule has 0 unspecified atom stereocenters. The number of hydrogen-bond donors (Lipinski definition) is 1. The molecule has 0 saturated heterocycles. The number of nitro groups is 1. The molecule has 1 N–H and O–H groups in total. The summed E-state index contributed by atoms with van der Waals surface area (Å²) in [4.78, 5) is 26.9. The Morgan fingerprint density at radius 1 is 0.909 bits per heavy atom. The second-order valence-corrected chi connectivity index (χ2v) is 7.09. The quantitative estimate of drug-likeness (QED) is 0.325. The van der Waals surface area contributed by atoms with Crippen LogP contribution < -0.4 is 5.32 Å². The number of pyridine rings is 1. The second kappa shape index (κ2) is 8.27. The molecule has 33 heavy (non-hydrogen) atoms. The number of non-ortho nitro benzene ring substituents is 1. The topological polar surface area (TPSA) is 128 Å². The lowest BCUT2D eigenvalue weighted by molar-refractivity contribution is -0.384. The second-order valence-electron chi connectivity index (χ2n) is 7.09. The molecule has 5 aromatic rings. The first kappa shape index (κ1) is 19.9. The van der Waals surface area contributed by atoms with Crippen LogP contribution in [0.15, 0.2) is 85.2 Å². The number of rotatable bonds is 5. The van der Waals surface area contributed by atoms with E-state index in [4.69, 9.17) is 0 Å². The molecular weight excluding hydrogens is 422 g/mol. The number of benzene rings is 2. The number of aromatic nitrogens is 5. The summed E-state index contributed by atoms with van der Waals surface area (Å²) >= 11 is 0. The van der Waals surface area contributed by atoms with Crippen molar-refractivity contribution < 1.29 is 9.72 Å². The van der Waals surface area contributed by atoms with Crippen molar-refractivity contribution in [3.05, 3.63) is 101 Å². The SMILES string of the molecule is O=C(Nc1ccc(-c2ccc3nnc(-c4ccncc4)n3n2)cc1)c1cccc([N+](=O)[O-])c1. The molecule has 3 aromatic heterocycles. The fraction of sp³-hybridized carbons (Fsp3) is 0. The highest BCUT2D eigenvalue weighted by Gasteiger charge is 2.13. The Hall–Kier alpha value is -4.99. The third-order valence-corrected chi connectivity index (χ3v) is 4.96. The van der Waals surface area contributed by atoms with Gasteiger partial charge >= 0.3 is 0 Å². The Morgan fingerprint density at radius 3 is 2.45 bits per heavy atom. The van der Waals surface area contributed by atoms with Gasteiger partial charge in [-0.05, 0) is 42.5 Å². The molecule has 0 aliphatic heterocycles. The van der Waals surface area contributed by atoms with E-state index < -0.39 is 10.8 Å². The number of carbonyl (C=O) groups excluding carboxylic acids is 1. The lowest BCUT2D eigenvalue weighted by Crippen LogP contribution is -2.12. The van der Waals surface area contributed by atoms with Gasteiger partial charge in [-0.3, -0.25) is 19.9 Å². The van der Waals surface area contributed by atoms with Crippen LogP contribution in [-0.4, -0.2) is 35.6 Å². The van der Waals surface area contributed by atoms with Gasteiger partial charge in [-0.15, -0.1) is 10.2 Å². The lowest BCUT2D eigenvalue weighted by atomic mass is 10.1. The third-order valence-electron chi connectivity index (χ3n) is 4.96. The minimum atomic E-state index is -0.536. The maximum Gasteiger partial charge on any atom is 0.270 e. The van der Waals surface area contributed by atoms with Crippen molar-refractivity contribution in [2.75, 3.05) is 5.32 Å². The summed E-state index contributed by atoms with van der Waals surface area (Å²) in [5.74, 6) is 0.174. The molecule has 0 spiro atoms. The van der Waals surface area contributed by atoms with Crippen molar-refractivity contribution in [3.8, 4) is 22.6 Å². The molecule has 0 bridgehead atoms. The number of hydrogen-bond acceptors (Lipinski definition) is 7. The first-order valence-electron chi connectivity index (χ1n) is 9.87. The van der Waals surface area contributed by atoms with Crippen LogP contribution in [0.25, 0.3) is 28.3 Å². The zero-order valence-corrected chi connectivity index (χ0v) is 17.0. The Labute approximate surface area is 186 Å². The molecule has 0 atom stereocenters. The van der Waals surface area contributed by atoms with Gasteiger partial charge in [0.05, 0.1) is 10.6 Å². The highest BCUT2D eigenvalue weighted by molar-refractivity contribution is 6.04. The maximum absolute atomic E-state index is 12.5. The number of carbonyl (C=O) groups is 1. The summed E-state index contributed by atoms with van der Waals surface area (Å²) in [5, 5.41) is 26.7. The van der Waals surface area contributed by atoms with Gasteiger partial charge in [-0.1, -0.05) is 18.2 Å². The normalized spacial score (nSPS) is 10.8. The Morgan fingerprint density at radius 2 is 1.70 bits per heavy atom.